The van der Waals surface area contributed by atoms with E-state index in [1.807, 2.05) is 54.6 Å². The number of nitrogens with one attached hydrogen (secondary N) is 4. The number of benzene rings is 2. The summed E-state index contributed by atoms with van der Waals surface area (Å²) in [4.78, 5) is 45.4. The monoisotopic (exact) mass is 404 g/mol. The predicted molar refractivity (Wildman–Crippen MR) is 111 cm³/mol. The van der Waals surface area contributed by atoms with Gasteiger partial charge in [-0.05, 0) is 24.1 Å². The van der Waals surface area contributed by atoms with E-state index in [0.717, 1.165) is 16.6 Å². The Kier molecular flexibility index (Phi) is 5.51. The molecule has 1 atom stereocenters. The molecule has 9 nitrogen and oxygen atoms in total. The number of H-pyrrole nitrogens is 3. The molecule has 4 aromatic rings. The average Bonchev–Trinajstić information content (AvgIpc) is 3.18. The molecule has 4 rings (SSSR count). The van der Waals surface area contributed by atoms with Gasteiger partial charge in [-0.15, -0.1) is 0 Å². The lowest BCUT2D eigenvalue weighted by atomic mass is 10.0. The summed E-state index contributed by atoms with van der Waals surface area (Å²) in [6, 6.07) is 17.1. The third kappa shape index (κ3) is 4.52. The van der Waals surface area contributed by atoms with Crippen LogP contribution in [0.1, 0.15) is 29.5 Å². The fourth-order valence-corrected chi connectivity index (χ4v) is 3.24. The highest BCUT2D eigenvalue weighted by Crippen LogP contribution is 2.20. The molecule has 2 heterocycles. The van der Waals surface area contributed by atoms with E-state index in [4.69, 9.17) is 0 Å². The van der Waals surface area contributed by atoms with E-state index >= 15 is 0 Å². The van der Waals surface area contributed by atoms with Crippen LogP contribution < -0.4 is 16.6 Å². The quantitative estimate of drug-likeness (QED) is 0.369. The second kappa shape index (κ2) is 8.56. The van der Waals surface area contributed by atoms with Crippen molar-refractivity contribution >= 4 is 16.9 Å². The Bertz CT molecular complexity index is 1240. The maximum Gasteiger partial charge on any atom is 0.342 e. The predicted octanol–water partition coefficient (Wildman–Crippen LogP) is 1.37. The lowest BCUT2D eigenvalue weighted by Gasteiger charge is -2.17. The normalized spacial score (nSPS) is 12.0. The van der Waals surface area contributed by atoms with Crippen molar-refractivity contribution < 1.29 is 4.79 Å². The molecule has 4 N–H and O–H groups in total. The first-order valence-electron chi connectivity index (χ1n) is 9.54. The molecular formula is C21H20N6O3. The maximum absolute atomic E-state index is 12.6. The minimum atomic E-state index is -0.680. The number of aromatic amines is 3. The van der Waals surface area contributed by atoms with Crippen molar-refractivity contribution in [2.24, 2.45) is 0 Å². The number of carbonyl (C=O) groups is 1. The SMILES string of the molecule is O=C(CCc1n[nH]c(=O)[nH]c1=O)N[C@H](Cc1ccccc1)c1nc2ccccc2[nH]1. The lowest BCUT2D eigenvalue weighted by molar-refractivity contribution is -0.121. The van der Waals surface area contributed by atoms with Crippen molar-refractivity contribution in [3.63, 3.8) is 0 Å². The molecule has 152 valence electrons. The molecular weight excluding hydrogens is 384 g/mol. The van der Waals surface area contributed by atoms with Crippen molar-refractivity contribution in [3.05, 3.63) is 92.5 Å². The summed E-state index contributed by atoms with van der Waals surface area (Å²) < 4.78 is 0. The van der Waals surface area contributed by atoms with Crippen molar-refractivity contribution in [2.45, 2.75) is 25.3 Å². The number of imidazole rings is 1. The highest BCUT2D eigenvalue weighted by Gasteiger charge is 2.19. The summed E-state index contributed by atoms with van der Waals surface area (Å²) in [5.74, 6) is 0.414. The number of carbonyl (C=O) groups excluding carboxylic acids is 1. The molecule has 0 unspecified atom stereocenters. The van der Waals surface area contributed by atoms with E-state index in [9.17, 15) is 14.4 Å². The van der Waals surface area contributed by atoms with Crippen LogP contribution in [0.25, 0.3) is 11.0 Å². The minimum Gasteiger partial charge on any atom is -0.346 e. The van der Waals surface area contributed by atoms with E-state index in [-0.39, 0.29) is 30.5 Å². The van der Waals surface area contributed by atoms with E-state index in [1.54, 1.807) is 0 Å². The molecule has 2 aromatic heterocycles. The zero-order chi connectivity index (χ0) is 20.9. The largest absolute Gasteiger partial charge is 0.346 e. The molecule has 1 amide bonds. The Labute approximate surface area is 170 Å². The van der Waals surface area contributed by atoms with Gasteiger partial charge in [-0.1, -0.05) is 42.5 Å². The molecule has 0 aliphatic heterocycles. The number of amides is 1. The molecule has 0 fully saturated rings. The number of fused-ring (bicyclic) bond motifs is 1. The molecule has 0 radical (unpaired) electrons. The van der Waals surface area contributed by atoms with E-state index in [1.165, 1.54) is 0 Å². The molecule has 0 spiro atoms. The smallest absolute Gasteiger partial charge is 0.342 e. The van der Waals surface area contributed by atoms with E-state index in [0.29, 0.717) is 12.2 Å². The molecule has 0 saturated heterocycles. The fraction of sp³-hybridized carbons (Fsp3) is 0.190. The van der Waals surface area contributed by atoms with Crippen LogP contribution in [0.4, 0.5) is 0 Å². The standard InChI is InChI=1S/C21H20N6O3/c28-18(11-10-16-20(29)25-21(30)27-26-16)22-17(12-13-6-2-1-3-7-13)19-23-14-8-4-5-9-15(14)24-19/h1-9,17H,10-12H2,(H,22,28)(H,23,24)(H2,25,27,29,30)/t17-/m1/s1. The Morgan fingerprint density at radius 3 is 2.53 bits per heavy atom. The molecule has 0 aliphatic carbocycles. The van der Waals surface area contributed by atoms with Crippen LogP contribution in [0, 0.1) is 0 Å². The summed E-state index contributed by atoms with van der Waals surface area (Å²) in [6.07, 6.45) is 0.716. The van der Waals surface area contributed by atoms with Gasteiger partial charge in [0, 0.05) is 12.8 Å². The molecule has 2 aromatic carbocycles. The van der Waals surface area contributed by atoms with Gasteiger partial charge >= 0.3 is 5.69 Å². The molecule has 9 heteroatoms. The van der Waals surface area contributed by atoms with Crippen molar-refractivity contribution in [2.75, 3.05) is 0 Å². The van der Waals surface area contributed by atoms with E-state index < -0.39 is 11.2 Å². The molecule has 0 saturated carbocycles. The lowest BCUT2D eigenvalue weighted by Crippen LogP contribution is -2.32. The van der Waals surface area contributed by atoms with Gasteiger partial charge in [0.15, 0.2) is 0 Å². The van der Waals surface area contributed by atoms with E-state index in [2.05, 4.69) is 30.5 Å². The Hall–Kier alpha value is -4.01. The molecule has 0 bridgehead atoms. The third-order valence-corrected chi connectivity index (χ3v) is 4.73. The number of rotatable bonds is 7. The van der Waals surface area contributed by atoms with Gasteiger partial charge in [0.2, 0.25) is 5.91 Å². The Morgan fingerprint density at radius 2 is 1.77 bits per heavy atom. The Balaban J connectivity index is 1.52. The average molecular weight is 404 g/mol. The zero-order valence-corrected chi connectivity index (χ0v) is 16.0. The van der Waals surface area contributed by atoms with Crippen LogP contribution in [0.3, 0.4) is 0 Å². The first-order chi connectivity index (χ1) is 14.6. The van der Waals surface area contributed by atoms with Gasteiger partial charge in [-0.25, -0.2) is 14.9 Å². The summed E-state index contributed by atoms with van der Waals surface area (Å²) in [5.41, 5.74) is 1.60. The fourth-order valence-electron chi connectivity index (χ4n) is 3.24. The number of aryl methyl sites for hydroxylation is 1. The van der Waals surface area contributed by atoms with Gasteiger partial charge in [-0.3, -0.25) is 14.6 Å². The number of hydrogen-bond donors (Lipinski definition) is 4. The summed E-state index contributed by atoms with van der Waals surface area (Å²) in [7, 11) is 0. The van der Waals surface area contributed by atoms with Crippen LogP contribution >= 0.6 is 0 Å². The summed E-state index contributed by atoms with van der Waals surface area (Å²) >= 11 is 0. The summed E-state index contributed by atoms with van der Waals surface area (Å²) in [6.45, 7) is 0. The van der Waals surface area contributed by atoms with Crippen LogP contribution in [0.5, 0.6) is 0 Å². The van der Waals surface area contributed by atoms with Gasteiger partial charge < -0.3 is 10.3 Å². The van der Waals surface area contributed by atoms with Gasteiger partial charge in [0.05, 0.1) is 17.1 Å². The maximum atomic E-state index is 12.6. The number of nitrogens with zero attached hydrogens (tertiary/aromatic N) is 2. The Morgan fingerprint density at radius 1 is 1.00 bits per heavy atom. The third-order valence-electron chi connectivity index (χ3n) is 4.73. The van der Waals surface area contributed by atoms with Crippen LogP contribution in [-0.2, 0) is 17.6 Å². The summed E-state index contributed by atoms with van der Waals surface area (Å²) in [5, 5.41) is 8.87. The van der Waals surface area contributed by atoms with Crippen LogP contribution in [0.2, 0.25) is 0 Å². The van der Waals surface area contributed by atoms with Crippen molar-refractivity contribution in [3.8, 4) is 0 Å². The molecule has 0 aliphatic rings. The van der Waals surface area contributed by atoms with Crippen molar-refractivity contribution in [1.82, 2.24) is 30.5 Å². The zero-order valence-electron chi connectivity index (χ0n) is 16.0. The van der Waals surface area contributed by atoms with Crippen LogP contribution in [0.15, 0.2) is 64.2 Å². The first kappa shape index (κ1) is 19.3. The topological polar surface area (TPSA) is 136 Å². The number of hydrogen-bond acceptors (Lipinski definition) is 5. The van der Waals surface area contributed by atoms with Gasteiger partial charge in [0.25, 0.3) is 5.56 Å². The number of aromatic nitrogens is 5. The molecule has 30 heavy (non-hydrogen) atoms. The van der Waals surface area contributed by atoms with Crippen LogP contribution in [-0.4, -0.2) is 31.1 Å². The van der Waals surface area contributed by atoms with Gasteiger partial charge in [-0.2, -0.15) is 5.10 Å². The van der Waals surface area contributed by atoms with Crippen molar-refractivity contribution in [1.29, 1.82) is 0 Å². The van der Waals surface area contributed by atoms with Gasteiger partial charge in [0.1, 0.15) is 11.5 Å². The minimum absolute atomic E-state index is 0.0492. The second-order valence-corrected chi connectivity index (χ2v) is 6.90. The highest BCUT2D eigenvalue weighted by molar-refractivity contribution is 5.77. The first-order valence-corrected chi connectivity index (χ1v) is 9.54. The number of para-hydroxylation sites is 2. The highest BCUT2D eigenvalue weighted by atomic mass is 16.2. The second-order valence-electron chi connectivity index (χ2n) is 6.90.